The minimum Gasteiger partial charge on any atom is -0.496 e. The highest BCUT2D eigenvalue weighted by atomic mass is 16.5. The maximum absolute atomic E-state index is 11.9. The SMILES string of the molecule is COc1ccccc1CC(C)N(C)C(=O)NC(C)C. The molecule has 106 valence electrons. The van der Waals surface area contributed by atoms with Gasteiger partial charge in [0, 0.05) is 19.1 Å². The van der Waals surface area contributed by atoms with E-state index in [9.17, 15) is 4.79 Å². The van der Waals surface area contributed by atoms with Crippen LogP contribution in [-0.2, 0) is 6.42 Å². The van der Waals surface area contributed by atoms with Gasteiger partial charge in [-0.15, -0.1) is 0 Å². The van der Waals surface area contributed by atoms with Crippen molar-refractivity contribution in [1.82, 2.24) is 10.2 Å². The third kappa shape index (κ3) is 4.47. The lowest BCUT2D eigenvalue weighted by Crippen LogP contribution is -2.45. The van der Waals surface area contributed by atoms with Crippen molar-refractivity contribution >= 4 is 6.03 Å². The fraction of sp³-hybridized carbons (Fsp3) is 0.533. The van der Waals surface area contributed by atoms with E-state index in [0.29, 0.717) is 0 Å². The number of urea groups is 1. The summed E-state index contributed by atoms with van der Waals surface area (Å²) in [6.07, 6.45) is 0.770. The van der Waals surface area contributed by atoms with Crippen molar-refractivity contribution in [2.24, 2.45) is 0 Å². The lowest BCUT2D eigenvalue weighted by Gasteiger charge is -2.26. The van der Waals surface area contributed by atoms with Crippen LogP contribution in [0, 0.1) is 0 Å². The smallest absolute Gasteiger partial charge is 0.317 e. The summed E-state index contributed by atoms with van der Waals surface area (Å²) >= 11 is 0. The third-order valence-electron chi connectivity index (χ3n) is 3.10. The highest BCUT2D eigenvalue weighted by Gasteiger charge is 2.17. The van der Waals surface area contributed by atoms with Crippen molar-refractivity contribution in [2.45, 2.75) is 39.3 Å². The lowest BCUT2D eigenvalue weighted by molar-refractivity contribution is 0.191. The summed E-state index contributed by atoms with van der Waals surface area (Å²) in [5, 5.41) is 2.89. The van der Waals surface area contributed by atoms with E-state index in [4.69, 9.17) is 4.74 Å². The first kappa shape index (κ1) is 15.3. The van der Waals surface area contributed by atoms with Gasteiger partial charge in [0.1, 0.15) is 5.75 Å². The number of amides is 2. The average Bonchev–Trinajstić information content (AvgIpc) is 2.37. The second kappa shape index (κ2) is 7.02. The third-order valence-corrected chi connectivity index (χ3v) is 3.10. The van der Waals surface area contributed by atoms with Gasteiger partial charge in [0.05, 0.1) is 7.11 Å². The van der Waals surface area contributed by atoms with Gasteiger partial charge in [-0.25, -0.2) is 4.79 Å². The molecule has 0 fully saturated rings. The number of para-hydroxylation sites is 1. The van der Waals surface area contributed by atoms with Crippen molar-refractivity contribution in [1.29, 1.82) is 0 Å². The summed E-state index contributed by atoms with van der Waals surface area (Å²) in [4.78, 5) is 13.7. The molecule has 2 amide bonds. The van der Waals surface area contributed by atoms with Crippen LogP contribution in [0.3, 0.4) is 0 Å². The van der Waals surface area contributed by atoms with Crippen molar-refractivity contribution in [3.63, 3.8) is 0 Å². The van der Waals surface area contributed by atoms with Gasteiger partial charge in [-0.2, -0.15) is 0 Å². The monoisotopic (exact) mass is 264 g/mol. The first-order chi connectivity index (χ1) is 8.95. The maximum Gasteiger partial charge on any atom is 0.317 e. The molecular formula is C15H24N2O2. The molecule has 1 aromatic rings. The normalized spacial score (nSPS) is 12.1. The van der Waals surface area contributed by atoms with Gasteiger partial charge >= 0.3 is 6.03 Å². The summed E-state index contributed by atoms with van der Waals surface area (Å²) in [5.41, 5.74) is 1.11. The number of nitrogens with zero attached hydrogens (tertiary/aromatic N) is 1. The number of methoxy groups -OCH3 is 1. The summed E-state index contributed by atoms with van der Waals surface area (Å²) in [6, 6.07) is 8.11. The summed E-state index contributed by atoms with van der Waals surface area (Å²) in [7, 11) is 3.48. The first-order valence-electron chi connectivity index (χ1n) is 6.61. The molecule has 19 heavy (non-hydrogen) atoms. The van der Waals surface area contributed by atoms with Gasteiger partial charge < -0.3 is 15.0 Å². The molecule has 1 aromatic carbocycles. The van der Waals surface area contributed by atoms with Crippen molar-refractivity contribution in [3.8, 4) is 5.75 Å². The molecule has 0 aromatic heterocycles. The summed E-state index contributed by atoms with van der Waals surface area (Å²) in [6.45, 7) is 5.94. The Morgan fingerprint density at radius 1 is 1.32 bits per heavy atom. The molecule has 0 aliphatic heterocycles. The minimum atomic E-state index is -0.0441. The van der Waals surface area contributed by atoms with Crippen LogP contribution in [0.5, 0.6) is 5.75 Å². The number of hydrogen-bond donors (Lipinski definition) is 1. The van der Waals surface area contributed by atoms with Gasteiger partial charge in [0.15, 0.2) is 0 Å². The molecule has 0 aliphatic carbocycles. The predicted molar refractivity (Wildman–Crippen MR) is 77.6 cm³/mol. The van der Waals surface area contributed by atoms with E-state index in [-0.39, 0.29) is 18.1 Å². The number of likely N-dealkylation sites (N-methyl/N-ethyl adjacent to an activating group) is 1. The molecule has 0 saturated heterocycles. The van der Waals surface area contributed by atoms with E-state index in [1.807, 2.05) is 52.1 Å². The Kier molecular flexibility index (Phi) is 5.67. The van der Waals surface area contributed by atoms with Gasteiger partial charge in [-0.05, 0) is 38.8 Å². The minimum absolute atomic E-state index is 0.0441. The molecule has 0 aliphatic rings. The Morgan fingerprint density at radius 3 is 2.53 bits per heavy atom. The molecule has 0 bridgehead atoms. The summed E-state index contributed by atoms with van der Waals surface area (Å²) < 4.78 is 5.33. The fourth-order valence-corrected chi connectivity index (χ4v) is 1.88. The summed E-state index contributed by atoms with van der Waals surface area (Å²) in [5.74, 6) is 0.868. The van der Waals surface area contributed by atoms with Crippen molar-refractivity contribution in [2.75, 3.05) is 14.2 Å². The molecule has 4 heteroatoms. The van der Waals surface area contributed by atoms with Crippen LogP contribution in [0.25, 0.3) is 0 Å². The number of carbonyl (C=O) groups is 1. The van der Waals surface area contributed by atoms with Gasteiger partial charge in [-0.3, -0.25) is 0 Å². The highest BCUT2D eigenvalue weighted by molar-refractivity contribution is 5.74. The largest absolute Gasteiger partial charge is 0.496 e. The van der Waals surface area contributed by atoms with Gasteiger partial charge in [-0.1, -0.05) is 18.2 Å². The molecule has 0 heterocycles. The molecule has 0 saturated carbocycles. The van der Waals surface area contributed by atoms with Crippen LogP contribution in [0.1, 0.15) is 26.3 Å². The van der Waals surface area contributed by atoms with E-state index in [0.717, 1.165) is 17.7 Å². The average molecular weight is 264 g/mol. The van der Waals surface area contributed by atoms with Crippen LogP contribution >= 0.6 is 0 Å². The maximum atomic E-state index is 11.9. The van der Waals surface area contributed by atoms with Gasteiger partial charge in [0.2, 0.25) is 0 Å². The first-order valence-corrected chi connectivity index (χ1v) is 6.61. The molecule has 1 atom stereocenters. The molecule has 0 spiro atoms. The zero-order valence-corrected chi connectivity index (χ0v) is 12.4. The van der Waals surface area contributed by atoms with Crippen LogP contribution in [0.15, 0.2) is 24.3 Å². The quantitative estimate of drug-likeness (QED) is 0.888. The van der Waals surface area contributed by atoms with Crippen LogP contribution in [-0.4, -0.2) is 37.2 Å². The topological polar surface area (TPSA) is 41.6 Å². The van der Waals surface area contributed by atoms with E-state index >= 15 is 0 Å². The predicted octanol–water partition coefficient (Wildman–Crippen LogP) is 2.68. The Bertz CT molecular complexity index is 418. The highest BCUT2D eigenvalue weighted by Crippen LogP contribution is 2.20. The Balaban J connectivity index is 2.68. The number of nitrogens with one attached hydrogen (secondary N) is 1. The van der Waals surface area contributed by atoms with Crippen molar-refractivity contribution in [3.05, 3.63) is 29.8 Å². The van der Waals surface area contributed by atoms with Crippen LogP contribution < -0.4 is 10.1 Å². The Hall–Kier alpha value is -1.71. The van der Waals surface area contributed by atoms with E-state index in [1.54, 1.807) is 12.0 Å². The van der Waals surface area contributed by atoms with Crippen LogP contribution in [0.2, 0.25) is 0 Å². The number of hydrogen-bond acceptors (Lipinski definition) is 2. The van der Waals surface area contributed by atoms with E-state index < -0.39 is 0 Å². The number of ether oxygens (including phenoxy) is 1. The Morgan fingerprint density at radius 2 is 1.95 bits per heavy atom. The fourth-order valence-electron chi connectivity index (χ4n) is 1.88. The molecular weight excluding hydrogens is 240 g/mol. The Labute approximate surface area is 115 Å². The lowest BCUT2D eigenvalue weighted by atomic mass is 10.1. The molecule has 1 unspecified atom stereocenters. The van der Waals surface area contributed by atoms with Crippen LogP contribution in [0.4, 0.5) is 4.79 Å². The molecule has 0 radical (unpaired) electrons. The standard InChI is InChI=1S/C15H24N2O2/c1-11(2)16-15(18)17(4)12(3)10-13-8-6-7-9-14(13)19-5/h6-9,11-12H,10H2,1-5H3,(H,16,18). The number of rotatable bonds is 5. The molecule has 1 N–H and O–H groups in total. The van der Waals surface area contributed by atoms with E-state index in [2.05, 4.69) is 5.32 Å². The van der Waals surface area contributed by atoms with Gasteiger partial charge in [0.25, 0.3) is 0 Å². The zero-order chi connectivity index (χ0) is 14.4. The second-order valence-corrected chi connectivity index (χ2v) is 5.08. The van der Waals surface area contributed by atoms with E-state index in [1.165, 1.54) is 0 Å². The molecule has 1 rings (SSSR count). The van der Waals surface area contributed by atoms with Crippen molar-refractivity contribution < 1.29 is 9.53 Å². The zero-order valence-electron chi connectivity index (χ0n) is 12.4. The number of carbonyl (C=O) groups excluding carboxylic acids is 1. The number of benzene rings is 1. The molecule has 4 nitrogen and oxygen atoms in total. The second-order valence-electron chi connectivity index (χ2n) is 5.08.